The fourth-order valence-electron chi connectivity index (χ4n) is 2.51. The highest BCUT2D eigenvalue weighted by Gasteiger charge is 2.45. The molecule has 19 heavy (non-hydrogen) atoms. The van der Waals surface area contributed by atoms with Gasteiger partial charge < -0.3 is 0 Å². The summed E-state index contributed by atoms with van der Waals surface area (Å²) in [4.78, 5) is 37.0. The summed E-state index contributed by atoms with van der Waals surface area (Å²) in [6.07, 6.45) is 1.88. The van der Waals surface area contributed by atoms with Crippen molar-refractivity contribution in [1.29, 1.82) is 0 Å². The molecule has 0 bridgehead atoms. The predicted molar refractivity (Wildman–Crippen MR) is 75.5 cm³/mol. The summed E-state index contributed by atoms with van der Waals surface area (Å²) >= 11 is 0. The molecule has 2 aliphatic heterocycles. The van der Waals surface area contributed by atoms with Gasteiger partial charge in [0.15, 0.2) is 11.6 Å². The van der Waals surface area contributed by atoms with Gasteiger partial charge in [-0.2, -0.15) is 0 Å². The van der Waals surface area contributed by atoms with E-state index in [1.165, 1.54) is 0 Å². The molecule has 0 aromatic heterocycles. The van der Waals surface area contributed by atoms with E-state index in [0.29, 0.717) is 17.2 Å². The van der Waals surface area contributed by atoms with E-state index in [2.05, 4.69) is 15.0 Å². The fourth-order valence-corrected chi connectivity index (χ4v) is 2.51. The second-order valence-electron chi connectivity index (χ2n) is 5.28. The number of ketones is 2. The zero-order chi connectivity index (χ0) is 13.1. The number of aliphatic imine (C=N–C) groups is 3. The average Bonchev–Trinajstić information content (AvgIpc) is 2.67. The number of rotatable bonds is 0. The molecule has 0 aromatic carbocycles. The SMILES string of the molecule is CC1=NC2=C3C=NC(C)(C)C(=O)C3CC(=O)C2=N1.Cl. The molecule has 1 aliphatic carbocycles. The third kappa shape index (κ3) is 1.89. The quantitative estimate of drug-likeness (QED) is 0.675. The molecule has 0 spiro atoms. The number of nitrogens with zero attached hydrogens (tertiary/aromatic N) is 3. The standard InChI is InChI=1S/C13H13N3O2.ClH/c1-6-15-10-8-5-14-13(2,3)12(18)7(8)4-9(17)11(10)16-6;/h5,7H,4H2,1-3H3;1H. The summed E-state index contributed by atoms with van der Waals surface area (Å²) in [7, 11) is 0. The number of Topliss-reactive ketones (excluding diaryl/α,β-unsaturated/α-hetero) is 2. The molecule has 1 unspecified atom stereocenters. The molecule has 0 saturated heterocycles. The monoisotopic (exact) mass is 279 g/mol. The Morgan fingerprint density at radius 3 is 2.63 bits per heavy atom. The highest BCUT2D eigenvalue weighted by Crippen LogP contribution is 2.36. The van der Waals surface area contributed by atoms with Gasteiger partial charge in [0.25, 0.3) is 0 Å². The van der Waals surface area contributed by atoms with Crippen molar-refractivity contribution < 1.29 is 9.59 Å². The van der Waals surface area contributed by atoms with Crippen molar-refractivity contribution in [1.82, 2.24) is 0 Å². The minimum absolute atomic E-state index is 0. The molecule has 2 heterocycles. The second-order valence-corrected chi connectivity index (χ2v) is 5.28. The highest BCUT2D eigenvalue weighted by molar-refractivity contribution is 6.51. The number of hydrogen-bond acceptors (Lipinski definition) is 5. The van der Waals surface area contributed by atoms with Crippen molar-refractivity contribution in [3.05, 3.63) is 11.3 Å². The molecule has 0 aromatic rings. The molecule has 5 nitrogen and oxygen atoms in total. The number of fused-ring (bicyclic) bond motifs is 2. The average molecular weight is 280 g/mol. The van der Waals surface area contributed by atoms with Crippen molar-refractivity contribution in [2.24, 2.45) is 20.9 Å². The van der Waals surface area contributed by atoms with Crippen molar-refractivity contribution in [2.45, 2.75) is 32.7 Å². The van der Waals surface area contributed by atoms with Gasteiger partial charge in [-0.1, -0.05) is 0 Å². The number of carbonyl (C=O) groups excluding carboxylic acids is 2. The Kier molecular flexibility index (Phi) is 3.05. The lowest BCUT2D eigenvalue weighted by molar-refractivity contribution is -0.128. The van der Waals surface area contributed by atoms with Gasteiger partial charge in [0.2, 0.25) is 0 Å². The molecule has 0 amide bonds. The minimum atomic E-state index is -0.749. The first kappa shape index (κ1) is 13.8. The van der Waals surface area contributed by atoms with Crippen LogP contribution in [0.15, 0.2) is 26.2 Å². The van der Waals surface area contributed by atoms with Crippen LogP contribution < -0.4 is 0 Å². The first-order valence-corrected chi connectivity index (χ1v) is 5.91. The smallest absolute Gasteiger partial charge is 0.184 e. The molecule has 0 saturated carbocycles. The van der Waals surface area contributed by atoms with E-state index >= 15 is 0 Å². The lowest BCUT2D eigenvalue weighted by Crippen LogP contribution is -2.44. The van der Waals surface area contributed by atoms with Crippen LogP contribution in [0.4, 0.5) is 0 Å². The molecule has 0 radical (unpaired) electrons. The maximum atomic E-state index is 12.3. The normalized spacial score (nSPS) is 27.4. The molecule has 0 fully saturated rings. The van der Waals surface area contributed by atoms with E-state index in [-0.39, 0.29) is 30.4 Å². The third-order valence-corrected chi connectivity index (χ3v) is 3.52. The molecule has 3 aliphatic rings. The molecular formula is C13H14ClN3O2. The Hall–Kier alpha value is -1.62. The zero-order valence-electron chi connectivity index (χ0n) is 10.9. The minimum Gasteiger partial charge on any atom is -0.296 e. The molecule has 100 valence electrons. The summed E-state index contributed by atoms with van der Waals surface area (Å²) in [5.41, 5.74) is 0.926. The van der Waals surface area contributed by atoms with Crippen molar-refractivity contribution >= 4 is 41.7 Å². The summed E-state index contributed by atoms with van der Waals surface area (Å²) in [5, 5.41) is 0. The van der Waals surface area contributed by atoms with E-state index in [9.17, 15) is 9.59 Å². The number of carbonyl (C=O) groups is 2. The Bertz CT molecular complexity index is 611. The number of hydrogen-bond donors (Lipinski definition) is 0. The second kappa shape index (κ2) is 4.20. The number of halogens is 1. The van der Waals surface area contributed by atoms with E-state index in [4.69, 9.17) is 0 Å². The maximum Gasteiger partial charge on any atom is 0.184 e. The van der Waals surface area contributed by atoms with E-state index in [0.717, 1.165) is 5.57 Å². The van der Waals surface area contributed by atoms with Crippen LogP contribution in [0.2, 0.25) is 0 Å². The zero-order valence-corrected chi connectivity index (χ0v) is 11.7. The van der Waals surface area contributed by atoms with Crippen LogP contribution >= 0.6 is 12.4 Å². The van der Waals surface area contributed by atoms with Crippen LogP contribution in [0.1, 0.15) is 27.2 Å². The third-order valence-electron chi connectivity index (χ3n) is 3.52. The summed E-state index contributed by atoms with van der Waals surface area (Å²) in [5.74, 6) is 0.0410. The summed E-state index contributed by atoms with van der Waals surface area (Å²) in [6.45, 7) is 5.28. The van der Waals surface area contributed by atoms with Gasteiger partial charge >= 0.3 is 0 Å². The number of amidine groups is 1. The number of allylic oxidation sites excluding steroid dienone is 2. The van der Waals surface area contributed by atoms with Crippen molar-refractivity contribution in [3.8, 4) is 0 Å². The predicted octanol–water partition coefficient (Wildman–Crippen LogP) is 1.56. The van der Waals surface area contributed by atoms with Gasteiger partial charge in [0.1, 0.15) is 17.1 Å². The van der Waals surface area contributed by atoms with E-state index in [1.807, 2.05) is 0 Å². The lowest BCUT2D eigenvalue weighted by Gasteiger charge is -2.32. The molecule has 0 N–H and O–H groups in total. The maximum absolute atomic E-state index is 12.3. The van der Waals surface area contributed by atoms with Crippen LogP contribution in [0.25, 0.3) is 0 Å². The lowest BCUT2D eigenvalue weighted by atomic mass is 9.74. The van der Waals surface area contributed by atoms with Crippen molar-refractivity contribution in [2.75, 3.05) is 0 Å². The Morgan fingerprint density at radius 2 is 1.95 bits per heavy atom. The molecular weight excluding hydrogens is 266 g/mol. The Morgan fingerprint density at radius 1 is 1.26 bits per heavy atom. The van der Waals surface area contributed by atoms with Gasteiger partial charge in [0.05, 0.1) is 11.6 Å². The van der Waals surface area contributed by atoms with Crippen LogP contribution in [0.5, 0.6) is 0 Å². The van der Waals surface area contributed by atoms with Gasteiger partial charge in [-0.25, -0.2) is 9.98 Å². The first-order chi connectivity index (χ1) is 8.40. The fraction of sp³-hybridized carbons (Fsp3) is 0.462. The largest absolute Gasteiger partial charge is 0.296 e. The Balaban J connectivity index is 0.00000133. The van der Waals surface area contributed by atoms with Crippen LogP contribution in [-0.2, 0) is 9.59 Å². The summed E-state index contributed by atoms with van der Waals surface area (Å²) < 4.78 is 0. The van der Waals surface area contributed by atoms with Gasteiger partial charge in [0, 0.05) is 18.2 Å². The molecule has 3 rings (SSSR count). The van der Waals surface area contributed by atoms with Gasteiger partial charge in [-0.05, 0) is 20.8 Å². The van der Waals surface area contributed by atoms with Gasteiger partial charge in [-0.15, -0.1) is 12.4 Å². The molecule has 1 atom stereocenters. The first-order valence-electron chi connectivity index (χ1n) is 5.91. The van der Waals surface area contributed by atoms with E-state index in [1.54, 1.807) is 27.0 Å². The van der Waals surface area contributed by atoms with E-state index < -0.39 is 11.5 Å². The van der Waals surface area contributed by atoms with Crippen LogP contribution in [-0.4, -0.2) is 34.9 Å². The topological polar surface area (TPSA) is 71.2 Å². The highest BCUT2D eigenvalue weighted by atomic mass is 35.5. The van der Waals surface area contributed by atoms with Crippen LogP contribution in [0, 0.1) is 5.92 Å². The van der Waals surface area contributed by atoms with Crippen LogP contribution in [0.3, 0.4) is 0 Å². The summed E-state index contributed by atoms with van der Waals surface area (Å²) in [6, 6.07) is 0. The Labute approximate surface area is 117 Å². The van der Waals surface area contributed by atoms with Crippen molar-refractivity contribution in [3.63, 3.8) is 0 Å². The van der Waals surface area contributed by atoms with Gasteiger partial charge in [-0.3, -0.25) is 14.6 Å². The molecule has 6 heteroatoms.